The van der Waals surface area contributed by atoms with Crippen molar-refractivity contribution in [1.82, 2.24) is 15.3 Å². The second kappa shape index (κ2) is 11.8. The smallest absolute Gasteiger partial charge is 0.328 e. The van der Waals surface area contributed by atoms with Gasteiger partial charge in [-0.25, -0.2) is 19.8 Å². The number of hydrogen-bond donors (Lipinski definition) is 1. The first-order valence-corrected chi connectivity index (χ1v) is 13.0. The Labute approximate surface area is 231 Å². The summed E-state index contributed by atoms with van der Waals surface area (Å²) in [6, 6.07) is 16.8. The summed E-state index contributed by atoms with van der Waals surface area (Å²) in [5.74, 6) is -0.271. The number of aromatic nitrogens is 2. The quantitative estimate of drug-likeness (QED) is 0.443. The topological polar surface area (TPSA) is 106 Å². The summed E-state index contributed by atoms with van der Waals surface area (Å²) < 4.78 is 10.2. The summed E-state index contributed by atoms with van der Waals surface area (Å²) in [4.78, 5) is 34.7. The molecule has 9 nitrogen and oxygen atoms in total. The molecule has 0 radical (unpaired) electrons. The third kappa shape index (κ3) is 5.84. The Bertz CT molecular complexity index is 1430. The van der Waals surface area contributed by atoms with Gasteiger partial charge in [-0.15, -0.1) is 0 Å². The van der Waals surface area contributed by atoms with E-state index in [1.54, 1.807) is 11.9 Å². The minimum atomic E-state index is -0.850. The highest BCUT2D eigenvalue weighted by Gasteiger charge is 2.33. The normalized spacial score (nSPS) is 17.7. The van der Waals surface area contributed by atoms with Crippen LogP contribution in [0.4, 0.5) is 5.82 Å². The molecule has 1 aromatic heterocycles. The molecule has 0 aliphatic carbocycles. The van der Waals surface area contributed by atoms with E-state index >= 15 is 0 Å². The molecule has 1 unspecified atom stereocenters. The van der Waals surface area contributed by atoms with Crippen molar-refractivity contribution in [3.05, 3.63) is 94.4 Å². The number of methoxy groups -OCH3 is 1. The number of rotatable bonds is 7. The van der Waals surface area contributed by atoms with E-state index in [9.17, 15) is 9.59 Å². The molecule has 0 bridgehead atoms. The second-order valence-corrected chi connectivity index (χ2v) is 9.68. The standard InChI is InChI=1S/C29H28ClN5O4/c1-18(29(37)38-2)32-28(36)23-16-31-26(21-12-14-39-15-13-21)33-27(23)35-17-24(19-6-4-3-5-7-19)25(34-35)20-8-10-22(30)11-9-20/h3-12,16,18,24H,13-15,17H2,1-2H3,(H,32,36)/t18-,24?/m0/s1. The van der Waals surface area contributed by atoms with Gasteiger partial charge in [0.15, 0.2) is 11.6 Å². The summed E-state index contributed by atoms with van der Waals surface area (Å²) in [5, 5.41) is 10.0. The van der Waals surface area contributed by atoms with Gasteiger partial charge in [-0.2, -0.15) is 5.10 Å². The van der Waals surface area contributed by atoms with Crippen molar-refractivity contribution in [1.29, 1.82) is 0 Å². The number of amides is 1. The first kappa shape index (κ1) is 26.5. The third-order valence-corrected chi connectivity index (χ3v) is 6.92. The molecule has 0 saturated heterocycles. The predicted molar refractivity (Wildman–Crippen MR) is 149 cm³/mol. The molecule has 39 heavy (non-hydrogen) atoms. The maximum Gasteiger partial charge on any atom is 0.328 e. The molecule has 0 fully saturated rings. The fourth-order valence-electron chi connectivity index (χ4n) is 4.59. The molecule has 2 aliphatic heterocycles. The van der Waals surface area contributed by atoms with Crippen LogP contribution in [0.15, 0.2) is 72.0 Å². The highest BCUT2D eigenvalue weighted by Crippen LogP contribution is 2.33. The number of benzene rings is 2. The van der Waals surface area contributed by atoms with Gasteiger partial charge in [0.1, 0.15) is 11.6 Å². The summed E-state index contributed by atoms with van der Waals surface area (Å²) in [6.45, 7) is 3.06. The molecule has 0 saturated carbocycles. The third-order valence-electron chi connectivity index (χ3n) is 6.67. The lowest BCUT2D eigenvalue weighted by Gasteiger charge is -2.21. The monoisotopic (exact) mass is 545 g/mol. The van der Waals surface area contributed by atoms with Crippen LogP contribution >= 0.6 is 11.6 Å². The molecule has 1 amide bonds. The number of hydrogen-bond acceptors (Lipinski definition) is 8. The Morgan fingerprint density at radius 1 is 1.15 bits per heavy atom. The van der Waals surface area contributed by atoms with Gasteiger partial charge in [-0.05, 0) is 42.2 Å². The fourth-order valence-corrected chi connectivity index (χ4v) is 4.71. The molecule has 0 spiro atoms. The fraction of sp³-hybridized carbons (Fsp3) is 0.276. The Morgan fingerprint density at radius 2 is 1.92 bits per heavy atom. The molecule has 2 atom stereocenters. The van der Waals surface area contributed by atoms with Crippen LogP contribution in [0.3, 0.4) is 0 Å². The van der Waals surface area contributed by atoms with Gasteiger partial charge in [0, 0.05) is 17.1 Å². The molecule has 2 aliphatic rings. The summed E-state index contributed by atoms with van der Waals surface area (Å²) >= 11 is 6.16. The van der Waals surface area contributed by atoms with Gasteiger partial charge in [-0.1, -0.05) is 60.1 Å². The van der Waals surface area contributed by atoms with E-state index in [1.165, 1.54) is 13.3 Å². The molecule has 3 aromatic rings. The van der Waals surface area contributed by atoms with Gasteiger partial charge in [0.25, 0.3) is 5.91 Å². The SMILES string of the molecule is COC(=O)[C@H](C)NC(=O)c1cnc(C2=CCOCC2)nc1N1CC(c2ccccc2)C(c2ccc(Cl)cc2)=N1. The van der Waals surface area contributed by atoms with Crippen molar-refractivity contribution in [3.63, 3.8) is 0 Å². The Kier molecular flexibility index (Phi) is 7.99. The Morgan fingerprint density at radius 3 is 2.62 bits per heavy atom. The van der Waals surface area contributed by atoms with E-state index < -0.39 is 17.9 Å². The minimum absolute atomic E-state index is 0.0852. The maximum absolute atomic E-state index is 13.4. The highest BCUT2D eigenvalue weighted by molar-refractivity contribution is 6.30. The van der Waals surface area contributed by atoms with Crippen LogP contribution in [0.25, 0.3) is 5.57 Å². The van der Waals surface area contributed by atoms with E-state index in [-0.39, 0.29) is 11.5 Å². The number of ether oxygens (including phenoxy) is 2. The summed E-state index contributed by atoms with van der Waals surface area (Å²) in [7, 11) is 1.27. The lowest BCUT2D eigenvalue weighted by atomic mass is 9.90. The van der Waals surface area contributed by atoms with Gasteiger partial charge >= 0.3 is 5.97 Å². The zero-order chi connectivity index (χ0) is 27.4. The van der Waals surface area contributed by atoms with Crippen molar-refractivity contribution in [3.8, 4) is 0 Å². The van der Waals surface area contributed by atoms with Crippen molar-refractivity contribution in [2.75, 3.05) is 31.9 Å². The van der Waals surface area contributed by atoms with E-state index in [4.69, 9.17) is 31.2 Å². The van der Waals surface area contributed by atoms with E-state index in [2.05, 4.69) is 22.4 Å². The van der Waals surface area contributed by atoms with E-state index in [0.29, 0.717) is 42.8 Å². The molecular weight excluding hydrogens is 518 g/mol. The second-order valence-electron chi connectivity index (χ2n) is 9.24. The van der Waals surface area contributed by atoms with Gasteiger partial charge in [0.2, 0.25) is 0 Å². The zero-order valence-electron chi connectivity index (χ0n) is 21.6. The van der Waals surface area contributed by atoms with Crippen molar-refractivity contribution < 1.29 is 19.1 Å². The van der Waals surface area contributed by atoms with Crippen LogP contribution in [0.5, 0.6) is 0 Å². The van der Waals surface area contributed by atoms with Gasteiger partial charge in [0.05, 0.1) is 32.6 Å². The average molecular weight is 546 g/mol. The van der Waals surface area contributed by atoms with Gasteiger partial charge < -0.3 is 14.8 Å². The number of carbonyl (C=O) groups is 2. The molecule has 3 heterocycles. The maximum atomic E-state index is 13.4. The molecule has 5 rings (SSSR count). The van der Waals surface area contributed by atoms with Crippen molar-refractivity contribution >= 4 is 40.6 Å². The van der Waals surface area contributed by atoms with Gasteiger partial charge in [-0.3, -0.25) is 4.79 Å². The van der Waals surface area contributed by atoms with E-state index in [1.807, 2.05) is 48.5 Å². The van der Waals surface area contributed by atoms with Crippen LogP contribution in [0, 0.1) is 0 Å². The highest BCUT2D eigenvalue weighted by atomic mass is 35.5. The number of esters is 1. The molecule has 10 heteroatoms. The first-order chi connectivity index (χ1) is 18.9. The predicted octanol–water partition coefficient (Wildman–Crippen LogP) is 4.23. The number of nitrogens with zero attached hydrogens (tertiary/aromatic N) is 4. The molecule has 2 aromatic carbocycles. The lowest BCUT2D eigenvalue weighted by Crippen LogP contribution is -2.40. The summed E-state index contributed by atoms with van der Waals surface area (Å²) in [6.07, 6.45) is 4.10. The number of carbonyl (C=O) groups excluding carboxylic acids is 2. The molecule has 200 valence electrons. The zero-order valence-corrected chi connectivity index (χ0v) is 22.4. The largest absolute Gasteiger partial charge is 0.467 e. The minimum Gasteiger partial charge on any atom is -0.467 e. The first-order valence-electron chi connectivity index (χ1n) is 12.6. The molecular formula is C29H28ClN5O4. The van der Waals surface area contributed by atoms with Crippen LogP contribution in [0.1, 0.15) is 46.6 Å². The Hall–Kier alpha value is -4.08. The summed E-state index contributed by atoms with van der Waals surface area (Å²) in [5.41, 5.74) is 3.98. The van der Waals surface area contributed by atoms with Crippen molar-refractivity contribution in [2.24, 2.45) is 5.10 Å². The number of halogens is 1. The van der Waals surface area contributed by atoms with Crippen LogP contribution in [0.2, 0.25) is 5.02 Å². The van der Waals surface area contributed by atoms with Crippen LogP contribution < -0.4 is 10.3 Å². The van der Waals surface area contributed by atoms with E-state index in [0.717, 1.165) is 22.4 Å². The van der Waals surface area contributed by atoms with Crippen molar-refractivity contribution in [2.45, 2.75) is 25.3 Å². The molecule has 1 N–H and O–H groups in total. The van der Waals surface area contributed by atoms with Crippen LogP contribution in [-0.2, 0) is 14.3 Å². The Balaban J connectivity index is 1.58. The van der Waals surface area contributed by atoms with Crippen LogP contribution in [-0.4, -0.2) is 60.5 Å². The average Bonchev–Trinajstić information content (AvgIpc) is 3.43. The lowest BCUT2D eigenvalue weighted by molar-refractivity contribution is -0.142. The number of hydrazone groups is 1. The number of anilines is 1. The number of nitrogens with one attached hydrogen (secondary N) is 1.